The van der Waals surface area contributed by atoms with Crippen molar-refractivity contribution < 1.29 is 10.2 Å². The molecule has 2 nitrogen and oxygen atoms in total. The zero-order valence-corrected chi connectivity index (χ0v) is 16.4. The van der Waals surface area contributed by atoms with Gasteiger partial charge in [0.25, 0.3) is 0 Å². The van der Waals surface area contributed by atoms with Crippen LogP contribution >= 0.6 is 24.4 Å². The molecule has 0 aliphatic carbocycles. The van der Waals surface area contributed by atoms with Gasteiger partial charge in [0.15, 0.2) is 10.1 Å². The van der Waals surface area contributed by atoms with Crippen LogP contribution in [-0.4, -0.2) is 20.3 Å². The number of hydrogen-bond acceptors (Lipinski definition) is 2. The fraction of sp³-hybridized carbons (Fsp3) is 0.579. The molecule has 0 aromatic carbocycles. The van der Waals surface area contributed by atoms with E-state index in [2.05, 4.69) is 58.1 Å². The van der Waals surface area contributed by atoms with Crippen LogP contribution in [0.5, 0.6) is 0 Å². The van der Waals surface area contributed by atoms with E-state index in [9.17, 15) is 10.2 Å². The summed E-state index contributed by atoms with van der Waals surface area (Å²) in [5, 5.41) is 18.4. The van der Waals surface area contributed by atoms with Gasteiger partial charge in [0.1, 0.15) is 0 Å². The van der Waals surface area contributed by atoms with Crippen LogP contribution in [0.1, 0.15) is 66.2 Å². The summed E-state index contributed by atoms with van der Waals surface area (Å²) in [5.74, 6) is -0.265. The van der Waals surface area contributed by atoms with Crippen molar-refractivity contribution in [1.29, 1.82) is 0 Å². The Morgan fingerprint density at radius 2 is 1.39 bits per heavy atom. The predicted octanol–water partition coefficient (Wildman–Crippen LogP) is 6.57. The van der Waals surface area contributed by atoms with Crippen molar-refractivity contribution in [2.45, 2.75) is 66.2 Å². The maximum absolute atomic E-state index is 9.46. The summed E-state index contributed by atoms with van der Waals surface area (Å²) < 4.78 is 0. The summed E-state index contributed by atoms with van der Waals surface area (Å²) in [7, 11) is 0. The van der Waals surface area contributed by atoms with E-state index in [-0.39, 0.29) is 22.4 Å². The molecule has 2 N–H and O–H groups in total. The van der Waals surface area contributed by atoms with Crippen molar-refractivity contribution in [2.75, 3.05) is 0 Å². The molecule has 0 aromatic heterocycles. The molecule has 1 unspecified atom stereocenters. The Morgan fingerprint density at radius 1 is 0.870 bits per heavy atom. The third-order valence-electron chi connectivity index (χ3n) is 3.64. The Balaban J connectivity index is 4.26. The Kier molecular flexibility index (Phi) is 11.9. The average molecular weight is 355 g/mol. The summed E-state index contributed by atoms with van der Waals surface area (Å²) in [6, 6.07) is 0. The number of thiocarbonyl (C=S) groups is 2. The van der Waals surface area contributed by atoms with Crippen molar-refractivity contribution in [1.82, 2.24) is 0 Å². The van der Waals surface area contributed by atoms with E-state index in [0.717, 1.165) is 25.7 Å². The van der Waals surface area contributed by atoms with E-state index >= 15 is 0 Å². The molecule has 0 fully saturated rings. The topological polar surface area (TPSA) is 40.5 Å². The van der Waals surface area contributed by atoms with Crippen molar-refractivity contribution in [2.24, 2.45) is 5.92 Å². The van der Waals surface area contributed by atoms with Gasteiger partial charge in [-0.1, -0.05) is 34.9 Å². The van der Waals surface area contributed by atoms with Crippen LogP contribution in [-0.2, 0) is 0 Å². The molecule has 0 aliphatic heterocycles. The van der Waals surface area contributed by atoms with E-state index < -0.39 is 0 Å². The summed E-state index contributed by atoms with van der Waals surface area (Å²) in [5.41, 5.74) is 4.06. The molecule has 0 aromatic rings. The minimum atomic E-state index is -0.265. The molecule has 0 saturated carbocycles. The highest BCUT2D eigenvalue weighted by Crippen LogP contribution is 2.16. The highest BCUT2D eigenvalue weighted by Gasteiger charge is 2.14. The van der Waals surface area contributed by atoms with Crippen LogP contribution in [0.4, 0.5) is 0 Å². The summed E-state index contributed by atoms with van der Waals surface area (Å²) in [6.45, 7) is 8.52. The van der Waals surface area contributed by atoms with Gasteiger partial charge in [-0.25, -0.2) is 0 Å². The smallest absolute Gasteiger partial charge is 0.160 e. The normalized spacial score (nSPS) is 13.6. The molecule has 0 heterocycles. The lowest BCUT2D eigenvalue weighted by molar-refractivity contribution is 0.477. The molecule has 0 radical (unpaired) electrons. The summed E-state index contributed by atoms with van der Waals surface area (Å²) in [6.07, 6.45) is 11.8. The van der Waals surface area contributed by atoms with Crippen LogP contribution < -0.4 is 0 Å². The lowest BCUT2D eigenvalue weighted by atomic mass is 9.99. The highest BCUT2D eigenvalue weighted by atomic mass is 32.1. The fourth-order valence-electron chi connectivity index (χ4n) is 2.16. The molecule has 0 spiro atoms. The fourth-order valence-corrected chi connectivity index (χ4v) is 2.55. The number of aliphatic hydroxyl groups is 2. The molecule has 130 valence electrons. The standard InChI is InChI=1S/C19H30O2S2/c1-14(2)7-5-8-15(3)9-6-10-16(4)11-12-17(19(21)23)13-18(20)22/h7,9,11,17H,5-6,8,10,12-13H2,1-4H3,(H,20,22)(H,21,23). The van der Waals surface area contributed by atoms with Gasteiger partial charge in [0.2, 0.25) is 0 Å². The summed E-state index contributed by atoms with van der Waals surface area (Å²) in [4.78, 5) is 0. The van der Waals surface area contributed by atoms with Crippen LogP contribution in [0, 0.1) is 5.92 Å². The largest absolute Gasteiger partial charge is 0.502 e. The Labute approximate surface area is 152 Å². The minimum Gasteiger partial charge on any atom is -0.502 e. The second-order valence-corrected chi connectivity index (χ2v) is 7.22. The molecule has 0 saturated heterocycles. The first-order valence-electron chi connectivity index (χ1n) is 8.11. The van der Waals surface area contributed by atoms with Crippen molar-refractivity contribution in [3.63, 3.8) is 0 Å². The van der Waals surface area contributed by atoms with Gasteiger partial charge in [0.05, 0.1) is 0 Å². The zero-order valence-electron chi connectivity index (χ0n) is 14.8. The maximum Gasteiger partial charge on any atom is 0.160 e. The third kappa shape index (κ3) is 13.2. The van der Waals surface area contributed by atoms with Gasteiger partial charge in [-0.05, 0) is 84.2 Å². The molecular weight excluding hydrogens is 324 g/mol. The molecule has 0 bridgehead atoms. The average Bonchev–Trinajstić information content (AvgIpc) is 2.42. The molecular formula is C19H30O2S2. The van der Waals surface area contributed by atoms with Crippen molar-refractivity contribution in [3.05, 3.63) is 34.9 Å². The maximum atomic E-state index is 9.46. The lowest BCUT2D eigenvalue weighted by Gasteiger charge is -2.11. The number of allylic oxidation sites excluding steroid dienone is 6. The lowest BCUT2D eigenvalue weighted by Crippen LogP contribution is -2.14. The second-order valence-electron chi connectivity index (χ2n) is 6.33. The monoisotopic (exact) mass is 354 g/mol. The van der Waals surface area contributed by atoms with E-state index in [4.69, 9.17) is 12.2 Å². The van der Waals surface area contributed by atoms with Gasteiger partial charge in [-0.2, -0.15) is 0 Å². The molecule has 0 amide bonds. The summed E-state index contributed by atoms with van der Waals surface area (Å²) >= 11 is 9.48. The van der Waals surface area contributed by atoms with Gasteiger partial charge >= 0.3 is 0 Å². The van der Waals surface area contributed by atoms with Crippen LogP contribution in [0.25, 0.3) is 0 Å². The first-order chi connectivity index (χ1) is 10.7. The van der Waals surface area contributed by atoms with Crippen LogP contribution in [0.3, 0.4) is 0 Å². The van der Waals surface area contributed by atoms with Gasteiger partial charge < -0.3 is 10.2 Å². The number of rotatable bonds is 11. The first kappa shape index (κ1) is 22.0. The van der Waals surface area contributed by atoms with E-state index in [0.29, 0.717) is 6.42 Å². The van der Waals surface area contributed by atoms with Gasteiger partial charge in [-0.15, -0.1) is 0 Å². The van der Waals surface area contributed by atoms with E-state index in [1.54, 1.807) is 0 Å². The third-order valence-corrected chi connectivity index (χ3v) is 4.14. The molecule has 1 atom stereocenters. The Morgan fingerprint density at radius 3 is 1.87 bits per heavy atom. The van der Waals surface area contributed by atoms with Crippen molar-refractivity contribution >= 4 is 34.5 Å². The quantitative estimate of drug-likeness (QED) is 0.325. The van der Waals surface area contributed by atoms with Crippen molar-refractivity contribution in [3.8, 4) is 0 Å². The first-order valence-corrected chi connectivity index (χ1v) is 8.93. The van der Waals surface area contributed by atoms with Gasteiger partial charge in [0, 0.05) is 12.3 Å². The second kappa shape index (κ2) is 12.4. The molecule has 4 heteroatoms. The van der Waals surface area contributed by atoms with Crippen LogP contribution in [0.15, 0.2) is 34.9 Å². The SMILES string of the molecule is CC(C)=CCCC(C)=CCCC(C)=CCC(CC(O)=S)C(O)=S. The van der Waals surface area contributed by atoms with E-state index in [1.165, 1.54) is 16.7 Å². The molecule has 0 rings (SSSR count). The Bertz CT molecular complexity index is 484. The van der Waals surface area contributed by atoms with Crippen LogP contribution in [0.2, 0.25) is 0 Å². The minimum absolute atomic E-state index is 0.0829. The Hall–Kier alpha value is -1.00. The predicted molar refractivity (Wildman–Crippen MR) is 109 cm³/mol. The van der Waals surface area contributed by atoms with E-state index in [1.807, 2.05) is 0 Å². The molecule has 0 aliphatic rings. The number of aliphatic hydroxyl groups excluding tert-OH is 2. The molecule has 23 heavy (non-hydrogen) atoms. The highest BCUT2D eigenvalue weighted by molar-refractivity contribution is 7.80. The zero-order chi connectivity index (χ0) is 17.8. The van der Waals surface area contributed by atoms with Gasteiger partial charge in [-0.3, -0.25) is 0 Å². The number of hydrogen-bond donors (Lipinski definition) is 2.